The molecule has 2 atom stereocenters. The van der Waals surface area contributed by atoms with Crippen LogP contribution in [0.15, 0.2) is 16.5 Å². The van der Waals surface area contributed by atoms with E-state index in [1.54, 1.807) is 7.11 Å². The van der Waals surface area contributed by atoms with Gasteiger partial charge in [0.05, 0.1) is 12.6 Å². The van der Waals surface area contributed by atoms with Crippen LogP contribution in [0.5, 0.6) is 0 Å². The Labute approximate surface area is 97.4 Å². The highest BCUT2D eigenvalue weighted by molar-refractivity contribution is 5.11. The van der Waals surface area contributed by atoms with Crippen molar-refractivity contribution < 1.29 is 9.15 Å². The zero-order chi connectivity index (χ0) is 12.1. The molecular weight excluding hydrogens is 204 g/mol. The van der Waals surface area contributed by atoms with Crippen molar-refractivity contribution in [1.29, 1.82) is 0 Å². The zero-order valence-corrected chi connectivity index (χ0v) is 10.6. The molecule has 1 aromatic heterocycles. The Hall–Kier alpha value is -0.840. The highest BCUT2D eigenvalue weighted by atomic mass is 16.5. The Morgan fingerprint density at radius 1 is 1.50 bits per heavy atom. The molecule has 0 aliphatic carbocycles. The molecule has 16 heavy (non-hydrogen) atoms. The minimum atomic E-state index is 0.0207. The Bertz CT molecular complexity index is 310. The predicted molar refractivity (Wildman–Crippen MR) is 64.3 cm³/mol. The number of rotatable bonds is 6. The lowest BCUT2D eigenvalue weighted by Crippen LogP contribution is -2.38. The van der Waals surface area contributed by atoms with Gasteiger partial charge in [0, 0.05) is 19.7 Å². The second-order valence-corrected chi connectivity index (χ2v) is 4.23. The standard InChI is InChI=1S/C12H22N2O2/c1-9-5-6-11(16-9)12(10(2)13)14(3)7-8-15-4/h5-6,10,12H,7-8,13H2,1-4H3. The maximum absolute atomic E-state index is 6.01. The fraction of sp³-hybridized carbons (Fsp3) is 0.667. The largest absolute Gasteiger partial charge is 0.465 e. The molecule has 0 saturated heterocycles. The summed E-state index contributed by atoms with van der Waals surface area (Å²) in [6, 6.07) is 4.08. The third-order valence-corrected chi connectivity index (χ3v) is 2.67. The SMILES string of the molecule is COCCN(C)C(c1ccc(C)o1)C(C)N. The van der Waals surface area contributed by atoms with E-state index in [1.165, 1.54) is 0 Å². The lowest BCUT2D eigenvalue weighted by Gasteiger charge is -2.29. The van der Waals surface area contributed by atoms with Crippen LogP contribution in [-0.4, -0.2) is 38.3 Å². The van der Waals surface area contributed by atoms with E-state index < -0.39 is 0 Å². The van der Waals surface area contributed by atoms with Crippen LogP contribution in [0.3, 0.4) is 0 Å². The van der Waals surface area contributed by atoms with Crippen molar-refractivity contribution in [3.05, 3.63) is 23.7 Å². The third kappa shape index (κ3) is 3.33. The number of hydrogen-bond acceptors (Lipinski definition) is 4. The Morgan fingerprint density at radius 3 is 2.62 bits per heavy atom. The van der Waals surface area contributed by atoms with Crippen LogP contribution in [0.1, 0.15) is 24.5 Å². The molecule has 0 saturated carbocycles. The van der Waals surface area contributed by atoms with Crippen molar-refractivity contribution >= 4 is 0 Å². The molecule has 0 spiro atoms. The van der Waals surface area contributed by atoms with Crippen LogP contribution in [0, 0.1) is 6.92 Å². The second kappa shape index (κ2) is 6.03. The van der Waals surface area contributed by atoms with Crippen molar-refractivity contribution in [2.24, 2.45) is 5.73 Å². The highest BCUT2D eigenvalue weighted by Crippen LogP contribution is 2.23. The van der Waals surface area contributed by atoms with Gasteiger partial charge in [0.1, 0.15) is 11.5 Å². The average Bonchev–Trinajstić information content (AvgIpc) is 2.61. The summed E-state index contributed by atoms with van der Waals surface area (Å²) in [5.74, 6) is 1.84. The predicted octanol–water partition coefficient (Wildman–Crippen LogP) is 1.55. The number of nitrogens with zero attached hydrogens (tertiary/aromatic N) is 1. The molecule has 0 aromatic carbocycles. The monoisotopic (exact) mass is 226 g/mol. The second-order valence-electron chi connectivity index (χ2n) is 4.23. The van der Waals surface area contributed by atoms with Crippen molar-refractivity contribution in [2.45, 2.75) is 25.9 Å². The first kappa shape index (κ1) is 13.2. The average molecular weight is 226 g/mol. The Kier molecular flexibility index (Phi) is 4.99. The Balaban J connectivity index is 2.74. The van der Waals surface area contributed by atoms with Crippen LogP contribution in [0.25, 0.3) is 0 Å². The van der Waals surface area contributed by atoms with Crippen LogP contribution >= 0.6 is 0 Å². The number of likely N-dealkylation sites (N-methyl/N-ethyl adjacent to an activating group) is 1. The van der Waals surface area contributed by atoms with Crippen molar-refractivity contribution in [1.82, 2.24) is 4.90 Å². The number of hydrogen-bond donors (Lipinski definition) is 1. The summed E-state index contributed by atoms with van der Waals surface area (Å²) in [7, 11) is 3.73. The molecule has 1 heterocycles. The van der Waals surface area contributed by atoms with E-state index in [9.17, 15) is 0 Å². The van der Waals surface area contributed by atoms with Gasteiger partial charge < -0.3 is 14.9 Å². The van der Waals surface area contributed by atoms with Crippen LogP contribution in [-0.2, 0) is 4.74 Å². The van der Waals surface area contributed by atoms with Crippen molar-refractivity contribution in [3.8, 4) is 0 Å². The number of ether oxygens (including phenoxy) is 1. The highest BCUT2D eigenvalue weighted by Gasteiger charge is 2.23. The van der Waals surface area contributed by atoms with Gasteiger partial charge in [-0.3, -0.25) is 4.90 Å². The normalized spacial score (nSPS) is 15.4. The third-order valence-electron chi connectivity index (χ3n) is 2.67. The number of furan rings is 1. The molecule has 92 valence electrons. The van der Waals surface area contributed by atoms with Crippen LogP contribution in [0.2, 0.25) is 0 Å². The van der Waals surface area contributed by atoms with E-state index in [0.29, 0.717) is 6.61 Å². The molecule has 4 heteroatoms. The van der Waals surface area contributed by atoms with E-state index in [-0.39, 0.29) is 12.1 Å². The first-order valence-electron chi connectivity index (χ1n) is 5.57. The van der Waals surface area contributed by atoms with E-state index in [1.807, 2.05) is 33.0 Å². The van der Waals surface area contributed by atoms with Gasteiger partial charge in [-0.1, -0.05) is 0 Å². The van der Waals surface area contributed by atoms with Crippen molar-refractivity contribution in [3.63, 3.8) is 0 Å². The summed E-state index contributed by atoms with van der Waals surface area (Å²) in [4.78, 5) is 2.16. The topological polar surface area (TPSA) is 51.6 Å². The Morgan fingerprint density at radius 2 is 2.19 bits per heavy atom. The molecule has 1 aromatic rings. The van der Waals surface area contributed by atoms with E-state index in [4.69, 9.17) is 14.9 Å². The molecule has 0 aliphatic rings. The molecule has 1 rings (SSSR count). The minimum Gasteiger partial charge on any atom is -0.465 e. The molecule has 0 bridgehead atoms. The molecule has 0 amide bonds. The quantitative estimate of drug-likeness (QED) is 0.799. The summed E-state index contributed by atoms with van der Waals surface area (Å²) in [5.41, 5.74) is 6.01. The molecule has 4 nitrogen and oxygen atoms in total. The fourth-order valence-corrected chi connectivity index (χ4v) is 1.86. The molecule has 2 N–H and O–H groups in total. The van der Waals surface area contributed by atoms with Gasteiger partial charge in [-0.25, -0.2) is 0 Å². The minimum absolute atomic E-state index is 0.0207. The van der Waals surface area contributed by atoms with E-state index >= 15 is 0 Å². The summed E-state index contributed by atoms with van der Waals surface area (Å²) in [6.45, 7) is 5.46. The van der Waals surface area contributed by atoms with Gasteiger partial charge in [-0.2, -0.15) is 0 Å². The van der Waals surface area contributed by atoms with Gasteiger partial charge in [0.15, 0.2) is 0 Å². The molecular formula is C12H22N2O2. The van der Waals surface area contributed by atoms with Crippen LogP contribution in [0.4, 0.5) is 0 Å². The molecule has 0 fully saturated rings. The van der Waals surface area contributed by atoms with Gasteiger partial charge in [-0.05, 0) is 33.0 Å². The summed E-state index contributed by atoms with van der Waals surface area (Å²) >= 11 is 0. The summed E-state index contributed by atoms with van der Waals surface area (Å²) in [6.07, 6.45) is 0. The van der Waals surface area contributed by atoms with Gasteiger partial charge >= 0.3 is 0 Å². The lowest BCUT2D eigenvalue weighted by molar-refractivity contribution is 0.121. The first-order valence-corrected chi connectivity index (χ1v) is 5.57. The van der Waals surface area contributed by atoms with E-state index in [2.05, 4.69) is 4.90 Å². The molecule has 0 aliphatic heterocycles. The molecule has 2 unspecified atom stereocenters. The first-order chi connectivity index (χ1) is 7.56. The molecule has 0 radical (unpaired) electrons. The maximum atomic E-state index is 6.01. The summed E-state index contributed by atoms with van der Waals surface area (Å²) < 4.78 is 10.7. The van der Waals surface area contributed by atoms with Crippen molar-refractivity contribution in [2.75, 3.05) is 27.3 Å². The summed E-state index contributed by atoms with van der Waals surface area (Å²) in [5, 5.41) is 0. The number of methoxy groups -OCH3 is 1. The van der Waals surface area contributed by atoms with Crippen LogP contribution < -0.4 is 5.73 Å². The number of aryl methyl sites for hydroxylation is 1. The maximum Gasteiger partial charge on any atom is 0.122 e. The fourth-order valence-electron chi connectivity index (χ4n) is 1.86. The zero-order valence-electron chi connectivity index (χ0n) is 10.6. The smallest absolute Gasteiger partial charge is 0.122 e. The van der Waals surface area contributed by atoms with Gasteiger partial charge in [0.25, 0.3) is 0 Å². The number of nitrogens with two attached hydrogens (primary N) is 1. The van der Waals surface area contributed by atoms with E-state index in [0.717, 1.165) is 18.1 Å². The van der Waals surface area contributed by atoms with Gasteiger partial charge in [0.2, 0.25) is 0 Å². The van der Waals surface area contributed by atoms with Gasteiger partial charge in [-0.15, -0.1) is 0 Å². The lowest BCUT2D eigenvalue weighted by atomic mass is 10.1.